The van der Waals surface area contributed by atoms with Crippen LogP contribution in [0, 0.1) is 0 Å². The molecular weight excluding hydrogens is 633 g/mol. The van der Waals surface area contributed by atoms with Gasteiger partial charge in [-0.2, -0.15) is 0 Å². The van der Waals surface area contributed by atoms with Crippen molar-refractivity contribution >= 4 is 61.3 Å². The van der Waals surface area contributed by atoms with Crippen LogP contribution in [0.3, 0.4) is 0 Å². The van der Waals surface area contributed by atoms with Gasteiger partial charge in [0.05, 0.1) is 6.61 Å². The highest BCUT2D eigenvalue weighted by atomic mass is 28.5. The van der Waals surface area contributed by atoms with Crippen molar-refractivity contribution in [3.63, 3.8) is 0 Å². The Morgan fingerprint density at radius 2 is 1.00 bits per heavy atom. The highest BCUT2D eigenvalue weighted by Gasteiger charge is 2.53. The lowest BCUT2D eigenvalue weighted by molar-refractivity contribution is -0.137. The zero-order valence-corrected chi connectivity index (χ0v) is 31.7. The molecule has 45 heavy (non-hydrogen) atoms. The van der Waals surface area contributed by atoms with Crippen LogP contribution in [-0.4, -0.2) is 57.4 Å². The third-order valence-electron chi connectivity index (χ3n) is 7.04. The van der Waals surface area contributed by atoms with Crippen LogP contribution in [0.5, 0.6) is 0 Å². The van der Waals surface area contributed by atoms with Crippen molar-refractivity contribution in [3.8, 4) is 0 Å². The molecule has 0 aliphatic rings. The third-order valence-corrected chi connectivity index (χ3v) is 23.0. The molecule has 1 N–H and O–H groups in total. The molecule has 0 unspecified atom stereocenters. The number of carboxylic acid groups (broad SMARTS) is 1. The summed E-state index contributed by atoms with van der Waals surface area (Å²) >= 11 is 0. The van der Waals surface area contributed by atoms with Gasteiger partial charge in [-0.15, -0.1) is 0 Å². The minimum absolute atomic E-state index is 0.176. The van der Waals surface area contributed by atoms with E-state index in [2.05, 4.69) is 125 Å². The number of benzene rings is 3. The van der Waals surface area contributed by atoms with Gasteiger partial charge in [0.15, 0.2) is 0 Å². The predicted octanol–water partition coefficient (Wildman–Crippen LogP) is 6.08. The van der Waals surface area contributed by atoms with E-state index in [0.29, 0.717) is 12.5 Å². The van der Waals surface area contributed by atoms with Crippen LogP contribution in [0.15, 0.2) is 116 Å². The molecule has 0 saturated carbocycles. The smallest absolute Gasteiger partial charge is 0.470 e. The van der Waals surface area contributed by atoms with Crippen LogP contribution in [-0.2, 0) is 26.7 Å². The first kappa shape index (κ1) is 38.0. The van der Waals surface area contributed by atoms with Crippen molar-refractivity contribution < 1.29 is 31.8 Å². The van der Waals surface area contributed by atoms with Gasteiger partial charge in [-0.1, -0.05) is 104 Å². The number of carboxylic acids is 1. The summed E-state index contributed by atoms with van der Waals surface area (Å²) in [5, 5.41) is 11.4. The maximum absolute atomic E-state index is 11.8. The van der Waals surface area contributed by atoms with Crippen LogP contribution in [0.25, 0.3) is 0 Å². The Morgan fingerprint density at radius 1 is 0.689 bits per heavy atom. The van der Waals surface area contributed by atoms with Crippen molar-refractivity contribution in [2.24, 2.45) is 0 Å². The molecule has 3 aromatic rings. The Balaban J connectivity index is 0.00000107. The lowest BCUT2D eigenvalue weighted by Gasteiger charge is -2.45. The summed E-state index contributed by atoms with van der Waals surface area (Å²) in [6, 6.07) is 31.8. The minimum atomic E-state index is -3.36. The van der Waals surface area contributed by atoms with Gasteiger partial charge in [-0.3, -0.25) is 0 Å². The van der Waals surface area contributed by atoms with Crippen molar-refractivity contribution in [1.82, 2.24) is 0 Å². The number of hydrogen-bond donors (Lipinski definition) is 1. The molecule has 0 heterocycles. The lowest BCUT2D eigenvalue weighted by atomic mass is 10.4. The second-order valence-electron chi connectivity index (χ2n) is 12.2. The van der Waals surface area contributed by atoms with E-state index in [1.807, 2.05) is 18.2 Å². The summed E-state index contributed by atoms with van der Waals surface area (Å²) in [5.74, 6) is -1.36. The van der Waals surface area contributed by atoms with Crippen LogP contribution >= 0.6 is 0 Å². The molecule has 3 rings (SSSR count). The van der Waals surface area contributed by atoms with Crippen LogP contribution in [0.1, 0.15) is 13.3 Å². The number of ether oxygens (including phenoxy) is 1. The summed E-state index contributed by atoms with van der Waals surface area (Å²) in [6.45, 7) is 21.6. The van der Waals surface area contributed by atoms with E-state index in [-0.39, 0.29) is 12.2 Å². The summed E-state index contributed by atoms with van der Waals surface area (Å²) in [7, 11) is -10.8. The Kier molecular flexibility index (Phi) is 14.3. The molecule has 11 heteroatoms. The summed E-state index contributed by atoms with van der Waals surface area (Å²) < 4.78 is 27.3. The first-order chi connectivity index (χ1) is 21.0. The Morgan fingerprint density at radius 3 is 1.27 bits per heavy atom. The molecule has 0 radical (unpaired) electrons. The van der Waals surface area contributed by atoms with Crippen LogP contribution in [0.4, 0.5) is 0 Å². The number of carbonyl (C=O) groups excluding carboxylic acids is 1. The predicted molar refractivity (Wildman–Crippen MR) is 193 cm³/mol. The minimum Gasteiger partial charge on any atom is -0.478 e. The molecule has 0 amide bonds. The lowest BCUT2D eigenvalue weighted by Crippen LogP contribution is -2.67. The van der Waals surface area contributed by atoms with Crippen molar-refractivity contribution in [1.29, 1.82) is 0 Å². The molecule has 0 spiro atoms. The van der Waals surface area contributed by atoms with Gasteiger partial charge in [0.1, 0.15) is 0 Å². The molecule has 7 nitrogen and oxygen atoms in total. The van der Waals surface area contributed by atoms with E-state index < -0.39 is 45.7 Å². The molecule has 0 fully saturated rings. The van der Waals surface area contributed by atoms with Crippen molar-refractivity contribution in [3.05, 3.63) is 116 Å². The topological polar surface area (TPSA) is 91.3 Å². The largest absolute Gasteiger partial charge is 0.478 e. The van der Waals surface area contributed by atoms with Gasteiger partial charge >= 0.3 is 20.7 Å². The van der Waals surface area contributed by atoms with Gasteiger partial charge in [0.2, 0.25) is 25.0 Å². The fourth-order valence-corrected chi connectivity index (χ4v) is 21.8. The van der Waals surface area contributed by atoms with Gasteiger partial charge in [-0.25, -0.2) is 9.59 Å². The number of esters is 1. The highest BCUT2D eigenvalue weighted by molar-refractivity contribution is 6.98. The normalized spacial score (nSPS) is 12.0. The maximum Gasteiger partial charge on any atom is 0.470 e. The number of aliphatic carboxylic acids is 1. The molecule has 0 aliphatic carbocycles. The number of rotatable bonds is 15. The van der Waals surface area contributed by atoms with E-state index >= 15 is 0 Å². The zero-order chi connectivity index (χ0) is 33.7. The maximum atomic E-state index is 11.8. The van der Waals surface area contributed by atoms with E-state index in [1.54, 1.807) is 0 Å². The number of carbonyl (C=O) groups is 2. The molecule has 0 saturated heterocycles. The average Bonchev–Trinajstić information content (AvgIpc) is 3.00. The molecule has 0 atom stereocenters. The average molecular weight is 681 g/mol. The third kappa shape index (κ3) is 12.3. The Hall–Kier alpha value is -3.17. The second-order valence-corrected chi connectivity index (χ2v) is 27.3. The van der Waals surface area contributed by atoms with Gasteiger partial charge in [0, 0.05) is 17.7 Å². The molecule has 0 aromatic heterocycles. The summed E-state index contributed by atoms with van der Waals surface area (Å²) in [5.41, 5.74) is 0.176. The monoisotopic (exact) mass is 680 g/mol. The fraction of sp³-hybridized carbons (Fsp3) is 0.294. The van der Waals surface area contributed by atoms with E-state index in [9.17, 15) is 9.59 Å². The van der Waals surface area contributed by atoms with Gasteiger partial charge in [0.25, 0.3) is 0 Å². The first-order valence-corrected chi connectivity index (χ1v) is 25.6. The highest BCUT2D eigenvalue weighted by Crippen LogP contribution is 2.30. The molecule has 3 aromatic carbocycles. The molecule has 0 bridgehead atoms. The summed E-state index contributed by atoms with van der Waals surface area (Å²) in [6.07, 6.45) is 1.76. The Labute approximate surface area is 273 Å². The molecular formula is C34H48O7Si4. The van der Waals surface area contributed by atoms with Crippen molar-refractivity contribution in [2.75, 3.05) is 6.61 Å². The zero-order valence-electron chi connectivity index (χ0n) is 27.7. The van der Waals surface area contributed by atoms with Gasteiger partial charge in [-0.05, 0) is 68.2 Å². The van der Waals surface area contributed by atoms with Crippen LogP contribution in [0.2, 0.25) is 45.3 Å². The summed E-state index contributed by atoms with van der Waals surface area (Å²) in [4.78, 5) is 21.4. The second kappa shape index (κ2) is 16.9. The van der Waals surface area contributed by atoms with E-state index in [0.717, 1.165) is 0 Å². The first-order valence-electron chi connectivity index (χ1n) is 15.0. The quantitative estimate of drug-likeness (QED) is 0.0901. The van der Waals surface area contributed by atoms with E-state index in [4.69, 9.17) is 22.2 Å². The van der Waals surface area contributed by atoms with Gasteiger partial charge < -0.3 is 22.2 Å². The van der Waals surface area contributed by atoms with Crippen LogP contribution < -0.4 is 15.6 Å². The Bertz CT molecular complexity index is 1250. The molecule has 0 aliphatic heterocycles. The number of hydrogen-bond acceptors (Lipinski definition) is 6. The standard InChI is InChI=1S/C30H42O5Si4.C4H6O2/c1-8-30(31)32-25-18-26-39(33-36(2,3)27-19-12-9-13-20-27,34-37(4,5)28-21-14-10-15-22-28)35-38(6,7)29-23-16-11-17-24-29;1-3(2)4(5)6/h8-17,19-24H,1,18,25-26H2,2-7H3;1H2,2H3,(H,5,6). The van der Waals surface area contributed by atoms with E-state index in [1.165, 1.54) is 28.6 Å². The molecule has 242 valence electrons. The fourth-order valence-electron chi connectivity index (χ4n) is 4.60. The van der Waals surface area contributed by atoms with Crippen molar-refractivity contribution in [2.45, 2.75) is 58.7 Å². The SMILES string of the molecule is C=C(C)C(=O)O.C=CC(=O)OCCC[Si](O[Si](C)(C)c1ccccc1)(O[Si](C)(C)c1ccccc1)O[Si](C)(C)c1ccccc1.